The summed E-state index contributed by atoms with van der Waals surface area (Å²) < 4.78 is 23.1. The van der Waals surface area contributed by atoms with E-state index in [1.165, 1.54) is 0 Å². The number of hydrogen-bond donors (Lipinski definition) is 0. The number of para-hydroxylation sites is 1. The highest BCUT2D eigenvalue weighted by molar-refractivity contribution is 6.15. The third-order valence-electron chi connectivity index (χ3n) is 6.08. The molecule has 174 valence electrons. The lowest BCUT2D eigenvalue weighted by Crippen LogP contribution is -2.32. The minimum Gasteiger partial charge on any atom is -0.496 e. The highest BCUT2D eigenvalue weighted by atomic mass is 16.5. The first-order chi connectivity index (χ1) is 16.6. The SMILES string of the molecule is CCOc1ccc(/C=C2\Oc3c(cc4c(c3C)OCN(Cc3ccccc3OC)C4)C2=O)cc1. The molecule has 0 radical (unpaired) electrons. The molecule has 2 aliphatic heterocycles. The van der Waals surface area contributed by atoms with Gasteiger partial charge in [-0.3, -0.25) is 9.69 Å². The molecule has 0 atom stereocenters. The fraction of sp³-hybridized carbons (Fsp3) is 0.250. The lowest BCUT2D eigenvalue weighted by molar-refractivity contribution is 0.0869. The molecule has 2 aliphatic rings. The summed E-state index contributed by atoms with van der Waals surface area (Å²) >= 11 is 0. The van der Waals surface area contributed by atoms with Crippen molar-refractivity contribution in [3.05, 3.63) is 88.2 Å². The summed E-state index contributed by atoms with van der Waals surface area (Å²) in [6.45, 7) is 6.31. The van der Waals surface area contributed by atoms with E-state index < -0.39 is 0 Å². The van der Waals surface area contributed by atoms with Gasteiger partial charge in [0.05, 0.1) is 19.3 Å². The van der Waals surface area contributed by atoms with Crippen LogP contribution in [0.25, 0.3) is 6.08 Å². The van der Waals surface area contributed by atoms with Gasteiger partial charge in [0.15, 0.2) is 5.76 Å². The normalized spacial score (nSPS) is 16.0. The fourth-order valence-corrected chi connectivity index (χ4v) is 4.45. The van der Waals surface area contributed by atoms with Crippen LogP contribution in [-0.2, 0) is 13.1 Å². The number of benzene rings is 3. The highest BCUT2D eigenvalue weighted by Gasteiger charge is 2.33. The van der Waals surface area contributed by atoms with Gasteiger partial charge in [0.2, 0.25) is 5.78 Å². The zero-order chi connectivity index (χ0) is 23.7. The smallest absolute Gasteiger partial charge is 0.231 e. The molecule has 0 fully saturated rings. The second-order valence-electron chi connectivity index (χ2n) is 8.38. The summed E-state index contributed by atoms with van der Waals surface area (Å²) in [6, 6.07) is 17.5. The molecule has 6 nitrogen and oxygen atoms in total. The second-order valence-corrected chi connectivity index (χ2v) is 8.38. The van der Waals surface area contributed by atoms with Gasteiger partial charge in [-0.15, -0.1) is 0 Å². The number of rotatable bonds is 6. The Bertz CT molecular complexity index is 1260. The summed E-state index contributed by atoms with van der Waals surface area (Å²) in [5.41, 5.74) is 4.39. The molecule has 0 aliphatic carbocycles. The van der Waals surface area contributed by atoms with Crippen LogP contribution in [0.15, 0.2) is 60.4 Å². The molecule has 5 rings (SSSR count). The lowest BCUT2D eigenvalue weighted by Gasteiger charge is -2.30. The molecule has 3 aromatic carbocycles. The molecule has 2 heterocycles. The molecular formula is C28H27NO5. The fourth-order valence-electron chi connectivity index (χ4n) is 4.45. The summed E-state index contributed by atoms with van der Waals surface area (Å²) in [5.74, 6) is 3.23. The first kappa shape index (κ1) is 22.0. The maximum absolute atomic E-state index is 13.2. The van der Waals surface area contributed by atoms with E-state index >= 15 is 0 Å². The molecule has 0 aromatic heterocycles. The third kappa shape index (κ3) is 4.13. The molecule has 0 N–H and O–H groups in total. The van der Waals surface area contributed by atoms with E-state index in [1.54, 1.807) is 13.2 Å². The number of hydrogen-bond acceptors (Lipinski definition) is 6. The van der Waals surface area contributed by atoms with Crippen molar-refractivity contribution < 1.29 is 23.7 Å². The van der Waals surface area contributed by atoms with E-state index in [2.05, 4.69) is 11.0 Å². The number of ketones is 1. The Labute approximate surface area is 199 Å². The first-order valence-corrected chi connectivity index (χ1v) is 11.4. The molecule has 0 bridgehead atoms. The second kappa shape index (κ2) is 9.23. The number of fused-ring (bicyclic) bond motifs is 2. The summed E-state index contributed by atoms with van der Waals surface area (Å²) in [4.78, 5) is 15.4. The Hall–Kier alpha value is -3.77. The van der Waals surface area contributed by atoms with Crippen molar-refractivity contribution in [2.24, 2.45) is 0 Å². The minimum atomic E-state index is -0.114. The highest BCUT2D eigenvalue weighted by Crippen LogP contribution is 2.43. The number of ether oxygens (including phenoxy) is 4. The van der Waals surface area contributed by atoms with Crippen LogP contribution in [-0.4, -0.2) is 31.1 Å². The molecule has 6 heteroatoms. The number of methoxy groups -OCH3 is 1. The maximum atomic E-state index is 13.2. The van der Waals surface area contributed by atoms with Crippen LogP contribution in [0.5, 0.6) is 23.0 Å². The maximum Gasteiger partial charge on any atom is 0.231 e. The van der Waals surface area contributed by atoms with E-state index in [0.29, 0.717) is 43.5 Å². The van der Waals surface area contributed by atoms with Gasteiger partial charge in [-0.25, -0.2) is 0 Å². The summed E-state index contributed by atoms with van der Waals surface area (Å²) in [5, 5.41) is 0. The Morgan fingerprint density at radius 2 is 1.88 bits per heavy atom. The van der Waals surface area contributed by atoms with Crippen LogP contribution in [0.1, 0.15) is 39.5 Å². The number of nitrogens with zero attached hydrogens (tertiary/aromatic N) is 1. The van der Waals surface area contributed by atoms with Gasteiger partial charge in [0, 0.05) is 29.8 Å². The molecule has 0 saturated heterocycles. The number of carbonyl (C=O) groups is 1. The Morgan fingerprint density at radius 1 is 1.09 bits per heavy atom. The summed E-state index contributed by atoms with van der Waals surface area (Å²) in [6.07, 6.45) is 1.77. The van der Waals surface area contributed by atoms with Crippen molar-refractivity contribution in [2.75, 3.05) is 20.4 Å². The van der Waals surface area contributed by atoms with Gasteiger partial charge < -0.3 is 18.9 Å². The Balaban J connectivity index is 1.38. The predicted molar refractivity (Wildman–Crippen MR) is 129 cm³/mol. The molecule has 0 spiro atoms. The average Bonchev–Trinajstić information content (AvgIpc) is 3.16. The van der Waals surface area contributed by atoms with E-state index in [4.69, 9.17) is 18.9 Å². The van der Waals surface area contributed by atoms with Gasteiger partial charge in [-0.1, -0.05) is 30.3 Å². The lowest BCUT2D eigenvalue weighted by atomic mass is 9.99. The van der Waals surface area contributed by atoms with Crippen molar-refractivity contribution in [3.63, 3.8) is 0 Å². The average molecular weight is 458 g/mol. The zero-order valence-electron chi connectivity index (χ0n) is 19.6. The van der Waals surface area contributed by atoms with Gasteiger partial charge in [-0.2, -0.15) is 0 Å². The minimum absolute atomic E-state index is 0.114. The topological polar surface area (TPSA) is 57.2 Å². The quantitative estimate of drug-likeness (QED) is 0.464. The molecule has 3 aromatic rings. The Kier molecular flexibility index (Phi) is 5.99. The molecular weight excluding hydrogens is 430 g/mol. The molecule has 0 unspecified atom stereocenters. The zero-order valence-corrected chi connectivity index (χ0v) is 19.6. The Morgan fingerprint density at radius 3 is 2.65 bits per heavy atom. The van der Waals surface area contributed by atoms with Gasteiger partial charge in [-0.05, 0) is 49.8 Å². The van der Waals surface area contributed by atoms with E-state index in [1.807, 2.05) is 62.4 Å². The van der Waals surface area contributed by atoms with E-state index in [-0.39, 0.29) is 5.78 Å². The van der Waals surface area contributed by atoms with Gasteiger partial charge in [0.25, 0.3) is 0 Å². The van der Waals surface area contributed by atoms with Gasteiger partial charge in [0.1, 0.15) is 29.7 Å². The van der Waals surface area contributed by atoms with E-state index in [0.717, 1.165) is 39.5 Å². The predicted octanol–water partition coefficient (Wildman–Crippen LogP) is 5.37. The number of carbonyl (C=O) groups excluding carboxylic acids is 1. The van der Waals surface area contributed by atoms with Crippen LogP contribution in [0.4, 0.5) is 0 Å². The summed E-state index contributed by atoms with van der Waals surface area (Å²) in [7, 11) is 1.68. The van der Waals surface area contributed by atoms with Crippen molar-refractivity contribution in [3.8, 4) is 23.0 Å². The molecule has 0 amide bonds. The number of Topliss-reactive ketones (excluding diaryl/α,β-unsaturated/α-hetero) is 1. The monoisotopic (exact) mass is 457 g/mol. The van der Waals surface area contributed by atoms with Crippen molar-refractivity contribution in [2.45, 2.75) is 26.9 Å². The van der Waals surface area contributed by atoms with Crippen LogP contribution in [0, 0.1) is 6.92 Å². The van der Waals surface area contributed by atoms with Crippen LogP contribution < -0.4 is 18.9 Å². The van der Waals surface area contributed by atoms with E-state index in [9.17, 15) is 4.79 Å². The van der Waals surface area contributed by atoms with Crippen molar-refractivity contribution >= 4 is 11.9 Å². The van der Waals surface area contributed by atoms with Crippen LogP contribution in [0.3, 0.4) is 0 Å². The van der Waals surface area contributed by atoms with Gasteiger partial charge >= 0.3 is 0 Å². The van der Waals surface area contributed by atoms with Crippen molar-refractivity contribution in [1.29, 1.82) is 0 Å². The number of allylic oxidation sites excluding steroid dienone is 1. The molecule has 34 heavy (non-hydrogen) atoms. The van der Waals surface area contributed by atoms with Crippen LogP contribution in [0.2, 0.25) is 0 Å². The first-order valence-electron chi connectivity index (χ1n) is 11.4. The molecule has 0 saturated carbocycles. The van der Waals surface area contributed by atoms with Crippen LogP contribution >= 0.6 is 0 Å². The standard InChI is InChI=1S/C28H27NO5/c1-4-32-22-11-9-19(10-12-22)13-25-26(30)23-14-21-16-29(15-20-7-5-6-8-24(20)31-3)17-33-27(21)18(2)28(23)34-25/h5-14H,4,15-17H2,1-3H3/b25-13-. The van der Waals surface area contributed by atoms with Crippen molar-refractivity contribution in [1.82, 2.24) is 4.90 Å². The largest absolute Gasteiger partial charge is 0.496 e. The third-order valence-corrected chi connectivity index (χ3v) is 6.08.